The van der Waals surface area contributed by atoms with Crippen molar-refractivity contribution < 1.29 is 0 Å². The van der Waals surface area contributed by atoms with Gasteiger partial charge in [0.25, 0.3) is 0 Å². The van der Waals surface area contributed by atoms with Crippen LogP contribution in [0.15, 0.2) is 0 Å². The van der Waals surface area contributed by atoms with E-state index in [1.165, 1.54) is 0 Å². The van der Waals surface area contributed by atoms with Crippen LogP contribution in [0.25, 0.3) is 0 Å². The van der Waals surface area contributed by atoms with Crippen molar-refractivity contribution in [2.75, 3.05) is 6.54 Å². The highest BCUT2D eigenvalue weighted by atomic mass is 14.6. The highest BCUT2D eigenvalue weighted by Crippen LogP contribution is 2.41. The maximum absolute atomic E-state index is 5.85. The fraction of sp³-hybridized carbons (Fsp3) is 1.00. The zero-order valence-corrected chi connectivity index (χ0v) is 15.8. The number of hydrogen-bond donors (Lipinski definition) is 1. The first-order chi connectivity index (χ1) is 8.95. The van der Waals surface area contributed by atoms with Crippen LogP contribution in [0.3, 0.4) is 0 Å². The topological polar surface area (TPSA) is 26.0 Å². The summed E-state index contributed by atoms with van der Waals surface area (Å²) in [6, 6.07) is 0. The minimum absolute atomic E-state index is 0.396. The van der Waals surface area contributed by atoms with Crippen LogP contribution in [0.1, 0.15) is 69.2 Å². The maximum atomic E-state index is 5.85. The van der Waals surface area contributed by atoms with Gasteiger partial charge in [-0.25, -0.2) is 0 Å². The number of rotatable bonds is 7. The summed E-state index contributed by atoms with van der Waals surface area (Å²) in [7, 11) is 0. The summed E-state index contributed by atoms with van der Waals surface area (Å²) in [6.07, 6.45) is 0. The van der Waals surface area contributed by atoms with Crippen molar-refractivity contribution in [1.29, 1.82) is 0 Å². The molecule has 0 aliphatic carbocycles. The Balaban J connectivity index is 4.80. The van der Waals surface area contributed by atoms with Crippen LogP contribution in [0.4, 0.5) is 0 Å². The standard InChI is InChI=1S/C19H41N/c1-12(11-20)13(2)14(3)15(4)16(5)17(6)18(7)19(8,9)10/h12-18H,11,20H2,1-10H3. The number of nitrogens with two attached hydrogens (primary N) is 1. The van der Waals surface area contributed by atoms with E-state index >= 15 is 0 Å². The van der Waals surface area contributed by atoms with Gasteiger partial charge in [0, 0.05) is 0 Å². The third-order valence-corrected chi connectivity index (χ3v) is 6.74. The Morgan fingerprint density at radius 1 is 0.650 bits per heavy atom. The summed E-state index contributed by atoms with van der Waals surface area (Å²) in [5.74, 6) is 5.07. The first-order valence-electron chi connectivity index (χ1n) is 8.65. The van der Waals surface area contributed by atoms with Crippen LogP contribution in [-0.4, -0.2) is 6.54 Å². The van der Waals surface area contributed by atoms with Gasteiger partial charge in [-0.15, -0.1) is 0 Å². The Morgan fingerprint density at radius 3 is 1.35 bits per heavy atom. The summed E-state index contributed by atoms with van der Waals surface area (Å²) < 4.78 is 0. The Bertz CT molecular complexity index is 265. The molecule has 1 nitrogen and oxygen atoms in total. The molecule has 0 aliphatic heterocycles. The summed E-state index contributed by atoms with van der Waals surface area (Å²) in [5, 5.41) is 0. The monoisotopic (exact) mass is 283 g/mol. The van der Waals surface area contributed by atoms with Crippen molar-refractivity contribution in [2.24, 2.45) is 52.6 Å². The molecule has 0 bridgehead atoms. The molecule has 0 fully saturated rings. The fourth-order valence-electron chi connectivity index (χ4n) is 3.41. The van der Waals surface area contributed by atoms with E-state index in [0.717, 1.165) is 36.1 Å². The van der Waals surface area contributed by atoms with E-state index in [0.29, 0.717) is 17.3 Å². The molecule has 0 heterocycles. The summed E-state index contributed by atoms with van der Waals surface area (Å²) in [4.78, 5) is 0. The van der Waals surface area contributed by atoms with Gasteiger partial charge in [-0.2, -0.15) is 0 Å². The van der Waals surface area contributed by atoms with Gasteiger partial charge >= 0.3 is 0 Å². The van der Waals surface area contributed by atoms with Crippen molar-refractivity contribution in [3.05, 3.63) is 0 Å². The van der Waals surface area contributed by atoms with E-state index in [4.69, 9.17) is 5.73 Å². The second-order valence-electron chi connectivity index (χ2n) is 8.66. The fourth-order valence-corrected chi connectivity index (χ4v) is 3.41. The lowest BCUT2D eigenvalue weighted by Crippen LogP contribution is -2.35. The molecule has 0 aromatic heterocycles. The molecule has 0 aromatic rings. The van der Waals surface area contributed by atoms with E-state index in [2.05, 4.69) is 69.2 Å². The normalized spacial score (nSPS) is 23.6. The smallest absolute Gasteiger partial charge is 0.00489 e. The lowest BCUT2D eigenvalue weighted by atomic mass is 9.64. The zero-order chi connectivity index (χ0) is 16.2. The van der Waals surface area contributed by atoms with Gasteiger partial charge in [0.05, 0.1) is 0 Å². The van der Waals surface area contributed by atoms with E-state index in [9.17, 15) is 0 Å². The SMILES string of the molecule is CC(CN)C(C)C(C)C(C)C(C)C(C)C(C)C(C)(C)C. The Labute approximate surface area is 129 Å². The van der Waals surface area contributed by atoms with Gasteiger partial charge < -0.3 is 5.73 Å². The van der Waals surface area contributed by atoms with Gasteiger partial charge in [0.15, 0.2) is 0 Å². The van der Waals surface area contributed by atoms with Crippen molar-refractivity contribution in [1.82, 2.24) is 0 Å². The minimum atomic E-state index is 0.396. The van der Waals surface area contributed by atoms with E-state index in [1.807, 2.05) is 0 Å². The predicted octanol–water partition coefficient (Wildman–Crippen LogP) is 5.44. The molecule has 20 heavy (non-hydrogen) atoms. The molecule has 0 saturated carbocycles. The van der Waals surface area contributed by atoms with Crippen LogP contribution < -0.4 is 5.73 Å². The van der Waals surface area contributed by atoms with E-state index in [1.54, 1.807) is 0 Å². The molecule has 0 saturated heterocycles. The average molecular weight is 284 g/mol. The molecule has 7 atom stereocenters. The van der Waals surface area contributed by atoms with Crippen LogP contribution in [0.5, 0.6) is 0 Å². The average Bonchev–Trinajstić information content (AvgIpc) is 2.40. The van der Waals surface area contributed by atoms with Gasteiger partial charge in [-0.3, -0.25) is 0 Å². The molecule has 0 amide bonds. The van der Waals surface area contributed by atoms with E-state index < -0.39 is 0 Å². The molecule has 122 valence electrons. The molecule has 2 N–H and O–H groups in total. The lowest BCUT2D eigenvalue weighted by Gasteiger charge is -2.41. The van der Waals surface area contributed by atoms with E-state index in [-0.39, 0.29) is 0 Å². The van der Waals surface area contributed by atoms with Crippen LogP contribution in [0, 0.1) is 46.8 Å². The van der Waals surface area contributed by atoms with Crippen LogP contribution >= 0.6 is 0 Å². The molecular weight excluding hydrogens is 242 g/mol. The molecule has 0 radical (unpaired) electrons. The van der Waals surface area contributed by atoms with Crippen molar-refractivity contribution in [2.45, 2.75) is 69.2 Å². The third kappa shape index (κ3) is 5.06. The maximum Gasteiger partial charge on any atom is -0.00489 e. The van der Waals surface area contributed by atoms with Gasteiger partial charge in [0.1, 0.15) is 0 Å². The van der Waals surface area contributed by atoms with Gasteiger partial charge in [-0.05, 0) is 53.4 Å². The highest BCUT2D eigenvalue weighted by molar-refractivity contribution is 4.83. The largest absolute Gasteiger partial charge is 0.330 e. The third-order valence-electron chi connectivity index (χ3n) is 6.74. The summed E-state index contributed by atoms with van der Waals surface area (Å²) in [5.41, 5.74) is 6.25. The molecule has 0 aromatic carbocycles. The Morgan fingerprint density at radius 2 is 1.00 bits per heavy atom. The van der Waals surface area contributed by atoms with Gasteiger partial charge in [-0.1, -0.05) is 69.2 Å². The van der Waals surface area contributed by atoms with Crippen molar-refractivity contribution in [3.63, 3.8) is 0 Å². The first-order valence-corrected chi connectivity index (χ1v) is 8.65. The van der Waals surface area contributed by atoms with Crippen LogP contribution in [-0.2, 0) is 0 Å². The van der Waals surface area contributed by atoms with Crippen molar-refractivity contribution >= 4 is 0 Å². The zero-order valence-electron chi connectivity index (χ0n) is 15.8. The molecule has 1 heteroatoms. The molecular formula is C19H41N. The van der Waals surface area contributed by atoms with Crippen LogP contribution in [0.2, 0.25) is 0 Å². The summed E-state index contributed by atoms with van der Waals surface area (Å²) in [6.45, 7) is 24.8. The second kappa shape index (κ2) is 7.82. The molecule has 0 rings (SSSR count). The predicted molar refractivity (Wildman–Crippen MR) is 92.7 cm³/mol. The Hall–Kier alpha value is -0.0400. The molecule has 0 spiro atoms. The summed E-state index contributed by atoms with van der Waals surface area (Å²) >= 11 is 0. The minimum Gasteiger partial charge on any atom is -0.330 e. The van der Waals surface area contributed by atoms with Crippen molar-refractivity contribution in [3.8, 4) is 0 Å². The first kappa shape index (κ1) is 20.0. The van der Waals surface area contributed by atoms with Gasteiger partial charge in [0.2, 0.25) is 0 Å². The lowest BCUT2D eigenvalue weighted by molar-refractivity contribution is 0.0799. The quantitative estimate of drug-likeness (QED) is 0.661. The molecule has 7 unspecified atom stereocenters. The number of hydrogen-bond acceptors (Lipinski definition) is 1. The molecule has 0 aliphatic rings. The second-order valence-corrected chi connectivity index (χ2v) is 8.66. The Kier molecular flexibility index (Phi) is 7.81. The highest BCUT2D eigenvalue weighted by Gasteiger charge is 2.34.